The lowest BCUT2D eigenvalue weighted by Gasteiger charge is -2.23. The van der Waals surface area contributed by atoms with Gasteiger partial charge in [0.1, 0.15) is 5.02 Å². The molecule has 0 spiro atoms. The fourth-order valence-corrected chi connectivity index (χ4v) is 1.45. The molecule has 0 atom stereocenters. The van der Waals surface area contributed by atoms with Gasteiger partial charge in [0.2, 0.25) is 0 Å². The third-order valence-corrected chi connectivity index (χ3v) is 2.28. The Morgan fingerprint density at radius 3 is 2.05 bits per heavy atom. The molecule has 0 aliphatic rings. The van der Waals surface area contributed by atoms with Gasteiger partial charge in [0.25, 0.3) is 6.10 Å². The largest absolute Gasteiger partial charge is 0.464 e. The maximum atomic E-state index is 12.3. The Kier molecular flexibility index (Phi) is 4.37. The molecule has 0 N–H and O–H groups in total. The molecule has 0 radical (unpaired) electrons. The van der Waals surface area contributed by atoms with Gasteiger partial charge >= 0.3 is 18.0 Å². The van der Waals surface area contributed by atoms with Gasteiger partial charge in [-0.3, -0.25) is 10.1 Å². The second-order valence-corrected chi connectivity index (χ2v) is 3.83. The number of hydrogen-bond acceptors (Lipinski definition) is 3. The minimum Gasteiger partial charge on any atom is -0.464 e. The van der Waals surface area contributed by atoms with Crippen molar-refractivity contribution in [1.82, 2.24) is 0 Å². The molecule has 0 fully saturated rings. The molecule has 1 aromatic rings. The summed E-state index contributed by atoms with van der Waals surface area (Å²) >= 11 is 5.35. The molecule has 0 aromatic heterocycles. The summed E-state index contributed by atoms with van der Waals surface area (Å²) in [7, 11) is 0. The highest BCUT2D eigenvalue weighted by atomic mass is 35.5. The topological polar surface area (TPSA) is 52.4 Å². The first-order valence-electron chi connectivity index (χ1n) is 4.67. The van der Waals surface area contributed by atoms with E-state index in [-0.39, 0.29) is 0 Å². The molecule has 112 valence electrons. The van der Waals surface area contributed by atoms with Crippen LogP contribution in [0.2, 0.25) is 5.02 Å². The lowest BCUT2D eigenvalue weighted by Crippen LogP contribution is -2.46. The number of alkyl halides is 6. The van der Waals surface area contributed by atoms with Crippen molar-refractivity contribution in [3.05, 3.63) is 33.3 Å². The van der Waals surface area contributed by atoms with Crippen molar-refractivity contribution in [2.24, 2.45) is 0 Å². The van der Waals surface area contributed by atoms with Crippen LogP contribution in [0.15, 0.2) is 18.2 Å². The Morgan fingerprint density at radius 1 is 1.15 bits per heavy atom. The summed E-state index contributed by atoms with van der Waals surface area (Å²) in [5.41, 5.74) is -1.17. The van der Waals surface area contributed by atoms with Crippen LogP contribution in [0.4, 0.5) is 32.0 Å². The highest BCUT2D eigenvalue weighted by molar-refractivity contribution is 6.32. The molecule has 11 heteroatoms. The molecule has 1 rings (SSSR count). The van der Waals surface area contributed by atoms with Gasteiger partial charge in [0, 0.05) is 0 Å². The van der Waals surface area contributed by atoms with Crippen molar-refractivity contribution in [3.63, 3.8) is 0 Å². The SMILES string of the molecule is O=[N+]([O-])c1c(Cl)cccc1OC(C(F)(F)F)C(F)(F)F. The van der Waals surface area contributed by atoms with E-state index < -0.39 is 39.8 Å². The van der Waals surface area contributed by atoms with Crippen LogP contribution >= 0.6 is 11.6 Å². The van der Waals surface area contributed by atoms with E-state index in [1.165, 1.54) is 0 Å². The summed E-state index contributed by atoms with van der Waals surface area (Å²) in [5.74, 6) is -1.22. The second-order valence-electron chi connectivity index (χ2n) is 3.42. The summed E-state index contributed by atoms with van der Waals surface area (Å²) in [4.78, 5) is 9.37. The number of benzene rings is 1. The molecule has 0 aliphatic heterocycles. The Morgan fingerprint density at radius 2 is 1.65 bits per heavy atom. The number of ether oxygens (including phenoxy) is 1. The molecule has 1 aromatic carbocycles. The maximum Gasteiger partial charge on any atom is 0.434 e. The van der Waals surface area contributed by atoms with Crippen molar-refractivity contribution in [2.75, 3.05) is 0 Å². The van der Waals surface area contributed by atoms with E-state index in [0.717, 1.165) is 12.1 Å². The summed E-state index contributed by atoms with van der Waals surface area (Å²) in [5, 5.41) is 9.96. The molecule has 0 heterocycles. The number of halogens is 7. The standard InChI is InChI=1S/C9H4ClF6NO3/c10-4-2-1-3-5(6(4)17(18)19)20-7(8(11,12)13)9(14,15)16/h1-3,7H. The van der Waals surface area contributed by atoms with Crippen molar-refractivity contribution < 1.29 is 36.0 Å². The molecule has 0 aliphatic carbocycles. The number of para-hydroxylation sites is 1. The van der Waals surface area contributed by atoms with Crippen molar-refractivity contribution >= 4 is 17.3 Å². The third kappa shape index (κ3) is 3.65. The molecule has 0 unspecified atom stereocenters. The number of nitro benzene ring substituents is 1. The van der Waals surface area contributed by atoms with E-state index in [0.29, 0.717) is 6.07 Å². The van der Waals surface area contributed by atoms with Gasteiger partial charge in [-0.1, -0.05) is 17.7 Å². The molecule has 20 heavy (non-hydrogen) atoms. The highest BCUT2D eigenvalue weighted by Gasteiger charge is 2.59. The van der Waals surface area contributed by atoms with E-state index in [4.69, 9.17) is 11.6 Å². The van der Waals surface area contributed by atoms with Crippen molar-refractivity contribution in [3.8, 4) is 5.75 Å². The molecule has 0 bridgehead atoms. The van der Waals surface area contributed by atoms with E-state index in [2.05, 4.69) is 4.74 Å². The zero-order chi connectivity index (χ0) is 15.7. The first-order valence-corrected chi connectivity index (χ1v) is 5.05. The van der Waals surface area contributed by atoms with Crippen LogP contribution in [0.25, 0.3) is 0 Å². The highest BCUT2D eigenvalue weighted by Crippen LogP contribution is 2.41. The van der Waals surface area contributed by atoms with E-state index >= 15 is 0 Å². The van der Waals surface area contributed by atoms with Crippen LogP contribution in [0, 0.1) is 10.1 Å². The minimum atomic E-state index is -5.78. The predicted octanol–water partition coefficient (Wildman–Crippen LogP) is 4.12. The predicted molar refractivity (Wildman–Crippen MR) is 54.6 cm³/mol. The van der Waals surface area contributed by atoms with Gasteiger partial charge in [0.15, 0.2) is 5.75 Å². The average molecular weight is 324 g/mol. The summed E-state index contributed by atoms with van der Waals surface area (Å²) in [6.45, 7) is 0. The van der Waals surface area contributed by atoms with E-state index in [1.807, 2.05) is 0 Å². The maximum absolute atomic E-state index is 12.3. The first-order chi connectivity index (χ1) is 8.94. The Labute approximate surface area is 112 Å². The van der Waals surface area contributed by atoms with Gasteiger partial charge in [-0.2, -0.15) is 26.3 Å². The van der Waals surface area contributed by atoms with E-state index in [9.17, 15) is 36.5 Å². The molecule has 0 saturated carbocycles. The smallest absolute Gasteiger partial charge is 0.434 e. The van der Waals surface area contributed by atoms with Gasteiger partial charge < -0.3 is 4.74 Å². The van der Waals surface area contributed by atoms with Crippen LogP contribution in [0.5, 0.6) is 5.75 Å². The van der Waals surface area contributed by atoms with Crippen LogP contribution in [-0.2, 0) is 0 Å². The normalized spacial score (nSPS) is 12.6. The van der Waals surface area contributed by atoms with Crippen LogP contribution in [0.3, 0.4) is 0 Å². The number of rotatable bonds is 3. The van der Waals surface area contributed by atoms with Gasteiger partial charge in [-0.15, -0.1) is 0 Å². The molecule has 0 amide bonds. The monoisotopic (exact) mass is 323 g/mol. The lowest BCUT2D eigenvalue weighted by atomic mass is 10.2. The summed E-state index contributed by atoms with van der Waals surface area (Å²) in [6, 6.07) is 2.45. The van der Waals surface area contributed by atoms with Crippen molar-refractivity contribution in [2.45, 2.75) is 18.5 Å². The summed E-state index contributed by atoms with van der Waals surface area (Å²) in [6.07, 6.45) is -15.8. The number of nitrogens with zero attached hydrogens (tertiary/aromatic N) is 1. The van der Waals surface area contributed by atoms with Gasteiger partial charge in [-0.05, 0) is 12.1 Å². The number of nitro groups is 1. The summed E-state index contributed by atoms with van der Waals surface area (Å²) < 4.78 is 77.5. The molecule has 4 nitrogen and oxygen atoms in total. The second kappa shape index (κ2) is 5.35. The van der Waals surface area contributed by atoms with Crippen LogP contribution in [0.1, 0.15) is 0 Å². The fraction of sp³-hybridized carbons (Fsp3) is 0.333. The Hall–Kier alpha value is -1.71. The quantitative estimate of drug-likeness (QED) is 0.477. The average Bonchev–Trinajstić information content (AvgIpc) is 2.22. The van der Waals surface area contributed by atoms with Gasteiger partial charge in [0.05, 0.1) is 4.92 Å². The zero-order valence-electron chi connectivity index (χ0n) is 9.13. The third-order valence-electron chi connectivity index (χ3n) is 1.97. The van der Waals surface area contributed by atoms with Crippen LogP contribution in [-0.4, -0.2) is 23.4 Å². The molecular weight excluding hydrogens is 320 g/mol. The Balaban J connectivity index is 3.26. The molecule has 0 saturated heterocycles. The number of hydrogen-bond donors (Lipinski definition) is 0. The van der Waals surface area contributed by atoms with Crippen molar-refractivity contribution in [1.29, 1.82) is 0 Å². The van der Waals surface area contributed by atoms with E-state index in [1.54, 1.807) is 0 Å². The lowest BCUT2D eigenvalue weighted by molar-refractivity contribution is -0.387. The zero-order valence-corrected chi connectivity index (χ0v) is 9.88. The van der Waals surface area contributed by atoms with Crippen LogP contribution < -0.4 is 4.74 Å². The first kappa shape index (κ1) is 16.3. The molecular formula is C9H4ClF6NO3. The minimum absolute atomic E-state index is 0.592. The fourth-order valence-electron chi connectivity index (χ4n) is 1.21. The Bertz CT molecular complexity index is 501. The van der Waals surface area contributed by atoms with Gasteiger partial charge in [-0.25, -0.2) is 0 Å².